The maximum absolute atomic E-state index is 11.8. The summed E-state index contributed by atoms with van der Waals surface area (Å²) < 4.78 is 19.2. The summed E-state index contributed by atoms with van der Waals surface area (Å²) >= 11 is 0. The van der Waals surface area contributed by atoms with Crippen molar-refractivity contribution < 1.29 is 24.4 Å². The molecule has 0 radical (unpaired) electrons. The SMILES string of the molecule is CO[C@H]1C[C@@]2(C)[C@@H]3C[C@H](O)[C@H]4C(C)(C)[C@@H](O)CC[C@@]45CC35CC[C@]2(C)[C@H]1[C@@]1(C)CCC(C(C)(C)OC)O1. The third-order valence-electron chi connectivity index (χ3n) is 14.6. The summed E-state index contributed by atoms with van der Waals surface area (Å²) in [6, 6.07) is 0. The van der Waals surface area contributed by atoms with Gasteiger partial charge in [0.2, 0.25) is 0 Å². The first-order chi connectivity index (χ1) is 17.1. The zero-order valence-electron chi connectivity index (χ0n) is 25.0. The second kappa shape index (κ2) is 7.75. The average Bonchev–Trinajstić information content (AvgIpc) is 3.16. The smallest absolute Gasteiger partial charge is 0.0883 e. The molecule has 5 nitrogen and oxygen atoms in total. The van der Waals surface area contributed by atoms with Crippen LogP contribution in [0.1, 0.15) is 106 Å². The largest absolute Gasteiger partial charge is 0.393 e. The van der Waals surface area contributed by atoms with Crippen LogP contribution in [0.3, 0.4) is 0 Å². The molecule has 0 aromatic rings. The number of aliphatic hydroxyl groups is 2. The molecule has 2 N–H and O–H groups in total. The van der Waals surface area contributed by atoms with Crippen molar-refractivity contribution in [3.05, 3.63) is 0 Å². The maximum atomic E-state index is 11.8. The van der Waals surface area contributed by atoms with Gasteiger partial charge in [0.15, 0.2) is 0 Å². The van der Waals surface area contributed by atoms with E-state index in [1.807, 2.05) is 7.11 Å². The van der Waals surface area contributed by atoms with Crippen LogP contribution in [0.5, 0.6) is 0 Å². The monoisotopic (exact) mass is 518 g/mol. The number of aliphatic hydroxyl groups excluding tert-OH is 2. The van der Waals surface area contributed by atoms with Crippen molar-refractivity contribution in [1.29, 1.82) is 0 Å². The van der Waals surface area contributed by atoms with Crippen LogP contribution < -0.4 is 0 Å². The van der Waals surface area contributed by atoms with Crippen molar-refractivity contribution in [3.8, 4) is 0 Å². The normalized spacial score (nSPS) is 58.3. The van der Waals surface area contributed by atoms with Crippen LogP contribution in [-0.4, -0.2) is 60.1 Å². The predicted octanol–water partition coefficient (Wildman–Crippen LogP) is 5.74. The van der Waals surface area contributed by atoms with Crippen molar-refractivity contribution in [2.75, 3.05) is 14.2 Å². The first kappa shape index (κ1) is 27.0. The lowest BCUT2D eigenvalue weighted by Crippen LogP contribution is -2.62. The van der Waals surface area contributed by atoms with Crippen LogP contribution in [0, 0.1) is 44.8 Å². The van der Waals surface area contributed by atoms with E-state index in [4.69, 9.17) is 14.2 Å². The Morgan fingerprint density at radius 3 is 2.19 bits per heavy atom. The Morgan fingerprint density at radius 2 is 1.54 bits per heavy atom. The molecule has 1 aliphatic heterocycles. The minimum Gasteiger partial charge on any atom is -0.393 e. The highest BCUT2D eigenvalue weighted by atomic mass is 16.6. The highest BCUT2D eigenvalue weighted by Crippen LogP contribution is 2.89. The molecule has 5 aliphatic carbocycles. The van der Waals surface area contributed by atoms with Gasteiger partial charge in [-0.1, -0.05) is 27.7 Å². The van der Waals surface area contributed by atoms with Gasteiger partial charge in [0.05, 0.1) is 35.6 Å². The maximum Gasteiger partial charge on any atom is 0.0883 e. The highest BCUT2D eigenvalue weighted by molar-refractivity contribution is 5.33. The molecule has 6 rings (SSSR count). The third kappa shape index (κ3) is 3.05. The molecule has 12 atom stereocenters. The van der Waals surface area contributed by atoms with Gasteiger partial charge in [-0.25, -0.2) is 0 Å². The molecule has 0 bridgehead atoms. The number of hydrogen-bond donors (Lipinski definition) is 2. The van der Waals surface area contributed by atoms with Crippen LogP contribution in [-0.2, 0) is 14.2 Å². The molecule has 6 fully saturated rings. The molecule has 2 spiro atoms. The van der Waals surface area contributed by atoms with Gasteiger partial charge in [-0.3, -0.25) is 0 Å². The quantitative estimate of drug-likeness (QED) is 0.496. The Hall–Kier alpha value is -0.200. The summed E-state index contributed by atoms with van der Waals surface area (Å²) in [4.78, 5) is 0. The Kier molecular flexibility index (Phi) is 5.65. The van der Waals surface area contributed by atoms with Crippen molar-refractivity contribution >= 4 is 0 Å². The summed E-state index contributed by atoms with van der Waals surface area (Å²) in [5, 5.41) is 22.8. The van der Waals surface area contributed by atoms with E-state index in [0.29, 0.717) is 17.3 Å². The van der Waals surface area contributed by atoms with Crippen LogP contribution in [0.25, 0.3) is 0 Å². The molecule has 0 aromatic heterocycles. The molecule has 6 aliphatic rings. The van der Waals surface area contributed by atoms with Gasteiger partial charge in [0, 0.05) is 20.1 Å². The summed E-state index contributed by atoms with van der Waals surface area (Å²) in [6.45, 7) is 16.2. The number of ether oxygens (including phenoxy) is 3. The zero-order valence-corrected chi connectivity index (χ0v) is 25.0. The number of methoxy groups -OCH3 is 2. The molecule has 0 aromatic carbocycles. The molecule has 1 saturated heterocycles. The van der Waals surface area contributed by atoms with Crippen LogP contribution in [0.15, 0.2) is 0 Å². The van der Waals surface area contributed by atoms with E-state index >= 15 is 0 Å². The van der Waals surface area contributed by atoms with Crippen molar-refractivity contribution in [1.82, 2.24) is 0 Å². The molecule has 5 heteroatoms. The van der Waals surface area contributed by atoms with E-state index in [1.165, 1.54) is 19.3 Å². The van der Waals surface area contributed by atoms with Crippen molar-refractivity contribution in [3.63, 3.8) is 0 Å². The molecule has 1 heterocycles. The molecule has 212 valence electrons. The number of fused-ring (bicyclic) bond motifs is 2. The lowest BCUT2D eigenvalue weighted by Gasteiger charge is -2.64. The van der Waals surface area contributed by atoms with E-state index in [-0.39, 0.29) is 63.2 Å². The fraction of sp³-hybridized carbons (Fsp3) is 1.00. The van der Waals surface area contributed by atoms with E-state index in [0.717, 1.165) is 38.5 Å². The Morgan fingerprint density at radius 1 is 0.838 bits per heavy atom. The van der Waals surface area contributed by atoms with Crippen molar-refractivity contribution in [2.45, 2.75) is 142 Å². The summed E-state index contributed by atoms with van der Waals surface area (Å²) in [7, 11) is 3.70. The molecule has 5 saturated carbocycles. The van der Waals surface area contributed by atoms with Gasteiger partial charge in [0.25, 0.3) is 0 Å². The molecule has 37 heavy (non-hydrogen) atoms. The second-order valence-electron chi connectivity index (χ2n) is 16.3. The molecule has 0 amide bonds. The molecular formula is C32H54O5. The van der Waals surface area contributed by atoms with E-state index in [1.54, 1.807) is 7.11 Å². The lowest BCUT2D eigenvalue weighted by atomic mass is 9.41. The summed E-state index contributed by atoms with van der Waals surface area (Å²) in [5.74, 6) is 1.02. The Labute approximate surface area is 225 Å². The first-order valence-electron chi connectivity index (χ1n) is 15.2. The van der Waals surface area contributed by atoms with Gasteiger partial charge in [-0.15, -0.1) is 0 Å². The minimum absolute atomic E-state index is 0.0878. The van der Waals surface area contributed by atoms with E-state index < -0.39 is 0 Å². The van der Waals surface area contributed by atoms with Crippen LogP contribution in [0.2, 0.25) is 0 Å². The molecular weight excluding hydrogens is 464 g/mol. The van der Waals surface area contributed by atoms with E-state index in [2.05, 4.69) is 48.5 Å². The van der Waals surface area contributed by atoms with Crippen molar-refractivity contribution in [2.24, 2.45) is 44.8 Å². The highest BCUT2D eigenvalue weighted by Gasteiger charge is 2.84. The third-order valence-corrected chi connectivity index (χ3v) is 14.6. The Balaban J connectivity index is 1.37. The number of hydrogen-bond acceptors (Lipinski definition) is 5. The minimum atomic E-state index is -0.338. The first-order valence-corrected chi connectivity index (χ1v) is 15.2. The second-order valence-corrected chi connectivity index (χ2v) is 16.3. The van der Waals surface area contributed by atoms with Crippen LogP contribution >= 0.6 is 0 Å². The Bertz CT molecular complexity index is 947. The van der Waals surface area contributed by atoms with Gasteiger partial charge in [-0.05, 0) is 117 Å². The zero-order chi connectivity index (χ0) is 27.0. The number of rotatable bonds is 4. The fourth-order valence-electron chi connectivity index (χ4n) is 12.4. The molecule has 2 unspecified atom stereocenters. The standard InChI is InChI=1S/C32H54O5/c1-26(2)22(34)10-13-32-18-31(32)15-14-28(5)25(30(7)12-11-23(37-30)27(3,4)36-9)20(35-8)17-29(28,6)21(31)16-19(33)24(26)32/h19-25,33-34H,10-18H2,1-9H3/t19-,20-,21-,22-,23?,24-,25-,28+,29-,30+,31?,32+/m0/s1. The van der Waals surface area contributed by atoms with Crippen LogP contribution in [0.4, 0.5) is 0 Å². The predicted molar refractivity (Wildman–Crippen MR) is 144 cm³/mol. The topological polar surface area (TPSA) is 68.2 Å². The van der Waals surface area contributed by atoms with Gasteiger partial charge < -0.3 is 24.4 Å². The fourth-order valence-corrected chi connectivity index (χ4v) is 12.4. The van der Waals surface area contributed by atoms with E-state index in [9.17, 15) is 10.2 Å². The van der Waals surface area contributed by atoms with Gasteiger partial charge >= 0.3 is 0 Å². The summed E-state index contributed by atoms with van der Waals surface area (Å²) in [6.07, 6.45) is 9.23. The summed E-state index contributed by atoms with van der Waals surface area (Å²) in [5.41, 5.74) is -0.0846. The average molecular weight is 519 g/mol. The van der Waals surface area contributed by atoms with Gasteiger partial charge in [-0.2, -0.15) is 0 Å². The lowest BCUT2D eigenvalue weighted by molar-refractivity contribution is -0.215. The van der Waals surface area contributed by atoms with Gasteiger partial charge in [0.1, 0.15) is 0 Å².